The molecule has 1 aromatic rings. The standard InChI is InChI=1S/C13H24N2O4S/c1-10(8-18-3)15(5-6-17-2)13-14-11(9-19-4)12(7-16)20-13/h10,16H,5-9H2,1-4H3. The number of anilines is 1. The van der Waals surface area contributed by atoms with Gasteiger partial charge in [-0.05, 0) is 6.92 Å². The average molecular weight is 304 g/mol. The molecule has 6 nitrogen and oxygen atoms in total. The number of methoxy groups -OCH3 is 3. The molecule has 1 rings (SSSR count). The van der Waals surface area contributed by atoms with Gasteiger partial charge < -0.3 is 24.2 Å². The number of hydrogen-bond acceptors (Lipinski definition) is 7. The Balaban J connectivity index is 2.93. The maximum Gasteiger partial charge on any atom is 0.186 e. The van der Waals surface area contributed by atoms with Crippen LogP contribution in [0.1, 0.15) is 17.5 Å². The number of nitrogens with zero attached hydrogens (tertiary/aromatic N) is 2. The van der Waals surface area contributed by atoms with Crippen LogP contribution in [0.4, 0.5) is 5.13 Å². The van der Waals surface area contributed by atoms with E-state index in [4.69, 9.17) is 14.2 Å². The van der Waals surface area contributed by atoms with Crippen molar-refractivity contribution in [2.45, 2.75) is 26.2 Å². The van der Waals surface area contributed by atoms with Crippen LogP contribution in [0.3, 0.4) is 0 Å². The Labute approximate surface area is 124 Å². The fourth-order valence-electron chi connectivity index (χ4n) is 1.89. The summed E-state index contributed by atoms with van der Waals surface area (Å²) in [5.41, 5.74) is 0.794. The highest BCUT2D eigenvalue weighted by atomic mass is 32.1. The Bertz CT molecular complexity index is 386. The molecule has 0 radical (unpaired) electrons. The predicted molar refractivity (Wildman–Crippen MR) is 79.3 cm³/mol. The minimum atomic E-state index is -0.0207. The lowest BCUT2D eigenvalue weighted by Crippen LogP contribution is -2.38. The summed E-state index contributed by atoms with van der Waals surface area (Å²) < 4.78 is 15.5. The summed E-state index contributed by atoms with van der Waals surface area (Å²) in [6.45, 7) is 4.41. The third-order valence-corrected chi connectivity index (χ3v) is 4.03. The number of aromatic nitrogens is 1. The smallest absolute Gasteiger partial charge is 0.186 e. The number of aliphatic hydroxyl groups excluding tert-OH is 1. The van der Waals surface area contributed by atoms with E-state index in [1.54, 1.807) is 21.3 Å². The fraction of sp³-hybridized carbons (Fsp3) is 0.769. The molecule has 1 heterocycles. The van der Waals surface area contributed by atoms with Crippen molar-refractivity contribution in [1.29, 1.82) is 0 Å². The lowest BCUT2D eigenvalue weighted by Gasteiger charge is -2.28. The lowest BCUT2D eigenvalue weighted by atomic mass is 10.3. The van der Waals surface area contributed by atoms with E-state index in [0.717, 1.165) is 22.2 Å². The monoisotopic (exact) mass is 304 g/mol. The molecule has 0 bridgehead atoms. The molecule has 0 aliphatic rings. The number of thiazole rings is 1. The second-order valence-corrected chi connectivity index (χ2v) is 5.51. The molecule has 1 aromatic heterocycles. The molecule has 0 aromatic carbocycles. The minimum absolute atomic E-state index is 0.0207. The number of rotatable bonds is 10. The molecule has 0 saturated carbocycles. The first-order valence-electron chi connectivity index (χ1n) is 6.50. The maximum atomic E-state index is 9.41. The van der Waals surface area contributed by atoms with Crippen LogP contribution >= 0.6 is 11.3 Å². The Hall–Kier alpha value is -0.730. The Morgan fingerprint density at radius 2 is 2.00 bits per heavy atom. The van der Waals surface area contributed by atoms with E-state index in [-0.39, 0.29) is 12.6 Å². The first-order valence-corrected chi connectivity index (χ1v) is 7.32. The fourth-order valence-corrected chi connectivity index (χ4v) is 2.94. The molecule has 20 heavy (non-hydrogen) atoms. The van der Waals surface area contributed by atoms with Gasteiger partial charge in [0.2, 0.25) is 0 Å². The van der Waals surface area contributed by atoms with Crippen molar-refractivity contribution in [2.24, 2.45) is 0 Å². The summed E-state index contributed by atoms with van der Waals surface area (Å²) in [4.78, 5) is 7.55. The molecule has 1 unspecified atom stereocenters. The second kappa shape index (κ2) is 9.25. The molecule has 0 aliphatic heterocycles. The third-order valence-electron chi connectivity index (χ3n) is 2.91. The van der Waals surface area contributed by atoms with Gasteiger partial charge in [-0.3, -0.25) is 0 Å². The van der Waals surface area contributed by atoms with Gasteiger partial charge in [0.05, 0.1) is 43.0 Å². The van der Waals surface area contributed by atoms with Gasteiger partial charge in [-0.1, -0.05) is 11.3 Å². The summed E-state index contributed by atoms with van der Waals surface area (Å²) in [6.07, 6.45) is 0. The van der Waals surface area contributed by atoms with Crippen molar-refractivity contribution in [3.63, 3.8) is 0 Å². The molecule has 1 N–H and O–H groups in total. The Morgan fingerprint density at radius 1 is 1.25 bits per heavy atom. The van der Waals surface area contributed by atoms with Gasteiger partial charge in [-0.25, -0.2) is 4.98 Å². The normalized spacial score (nSPS) is 12.7. The van der Waals surface area contributed by atoms with Gasteiger partial charge in [-0.15, -0.1) is 0 Å². The van der Waals surface area contributed by atoms with Crippen molar-refractivity contribution in [3.8, 4) is 0 Å². The van der Waals surface area contributed by atoms with Crippen LogP contribution in [0.2, 0.25) is 0 Å². The van der Waals surface area contributed by atoms with Crippen LogP contribution < -0.4 is 4.90 Å². The van der Waals surface area contributed by atoms with Crippen LogP contribution in [0.25, 0.3) is 0 Å². The quantitative estimate of drug-likeness (QED) is 0.702. The van der Waals surface area contributed by atoms with E-state index in [9.17, 15) is 5.11 Å². The van der Waals surface area contributed by atoms with Gasteiger partial charge in [-0.2, -0.15) is 0 Å². The highest BCUT2D eigenvalue weighted by Gasteiger charge is 2.20. The van der Waals surface area contributed by atoms with Gasteiger partial charge in [0.15, 0.2) is 5.13 Å². The van der Waals surface area contributed by atoms with E-state index in [1.165, 1.54) is 11.3 Å². The van der Waals surface area contributed by atoms with Crippen molar-refractivity contribution in [1.82, 2.24) is 4.98 Å². The first-order chi connectivity index (χ1) is 9.67. The molecule has 0 fully saturated rings. The summed E-state index contributed by atoms with van der Waals surface area (Å²) in [5.74, 6) is 0. The predicted octanol–water partition coefficient (Wildman–Crippen LogP) is 1.27. The zero-order chi connectivity index (χ0) is 15.0. The van der Waals surface area contributed by atoms with Crippen LogP contribution in [0.15, 0.2) is 0 Å². The van der Waals surface area contributed by atoms with E-state index >= 15 is 0 Å². The van der Waals surface area contributed by atoms with Crippen LogP contribution in [0.5, 0.6) is 0 Å². The van der Waals surface area contributed by atoms with Crippen molar-refractivity contribution in [3.05, 3.63) is 10.6 Å². The molecular formula is C13H24N2O4S. The first kappa shape index (κ1) is 17.3. The summed E-state index contributed by atoms with van der Waals surface area (Å²) in [5, 5.41) is 10.3. The Kier molecular flexibility index (Phi) is 8.01. The van der Waals surface area contributed by atoms with Crippen molar-refractivity contribution < 1.29 is 19.3 Å². The van der Waals surface area contributed by atoms with E-state index in [2.05, 4.69) is 16.8 Å². The zero-order valence-electron chi connectivity index (χ0n) is 12.6. The molecule has 7 heteroatoms. The molecule has 116 valence electrons. The number of hydrogen-bond donors (Lipinski definition) is 1. The molecule has 0 saturated heterocycles. The average Bonchev–Trinajstić information content (AvgIpc) is 2.83. The van der Waals surface area contributed by atoms with Crippen molar-refractivity contribution in [2.75, 3.05) is 46.0 Å². The van der Waals surface area contributed by atoms with Gasteiger partial charge in [0.25, 0.3) is 0 Å². The SMILES string of the molecule is COCCN(c1nc(COC)c(CO)s1)C(C)COC. The van der Waals surface area contributed by atoms with Crippen LogP contribution in [-0.2, 0) is 27.4 Å². The van der Waals surface area contributed by atoms with Crippen LogP contribution in [0, 0.1) is 0 Å². The molecular weight excluding hydrogens is 280 g/mol. The second-order valence-electron chi connectivity index (χ2n) is 4.45. The number of ether oxygens (including phenoxy) is 3. The zero-order valence-corrected chi connectivity index (χ0v) is 13.4. The van der Waals surface area contributed by atoms with Gasteiger partial charge >= 0.3 is 0 Å². The highest BCUT2D eigenvalue weighted by Crippen LogP contribution is 2.28. The maximum absolute atomic E-state index is 9.41. The minimum Gasteiger partial charge on any atom is -0.391 e. The van der Waals surface area contributed by atoms with Gasteiger partial charge in [0.1, 0.15) is 0 Å². The summed E-state index contributed by atoms with van der Waals surface area (Å²) in [6, 6.07) is 0.184. The third kappa shape index (κ3) is 4.68. The van der Waals surface area contributed by atoms with Crippen molar-refractivity contribution >= 4 is 16.5 Å². The summed E-state index contributed by atoms with van der Waals surface area (Å²) >= 11 is 1.49. The van der Waals surface area contributed by atoms with Crippen LogP contribution in [-0.4, -0.2) is 57.2 Å². The topological polar surface area (TPSA) is 64.1 Å². The summed E-state index contributed by atoms with van der Waals surface area (Å²) in [7, 11) is 4.98. The molecule has 1 atom stereocenters. The van der Waals surface area contributed by atoms with E-state index < -0.39 is 0 Å². The largest absolute Gasteiger partial charge is 0.391 e. The molecule has 0 spiro atoms. The lowest BCUT2D eigenvalue weighted by molar-refractivity contribution is 0.170. The molecule has 0 aliphatic carbocycles. The number of aliphatic hydroxyl groups is 1. The van der Waals surface area contributed by atoms with E-state index in [1.807, 2.05) is 0 Å². The van der Waals surface area contributed by atoms with E-state index in [0.29, 0.717) is 19.8 Å². The molecule has 0 amide bonds. The Morgan fingerprint density at radius 3 is 2.55 bits per heavy atom. The van der Waals surface area contributed by atoms with Gasteiger partial charge in [0, 0.05) is 27.9 Å². The highest BCUT2D eigenvalue weighted by molar-refractivity contribution is 7.15.